The van der Waals surface area contributed by atoms with Gasteiger partial charge in [0.25, 0.3) is 0 Å². The molecule has 0 spiro atoms. The molecule has 1 heterocycles. The zero-order valence-corrected chi connectivity index (χ0v) is 13.7. The zero-order valence-electron chi connectivity index (χ0n) is 13.7. The summed E-state index contributed by atoms with van der Waals surface area (Å²) >= 11 is 0. The molecule has 0 saturated heterocycles. The lowest BCUT2D eigenvalue weighted by Crippen LogP contribution is -2.06. The Balaban J connectivity index is 2.58. The van der Waals surface area contributed by atoms with Crippen LogP contribution in [-0.4, -0.2) is 33.0 Å². The number of fused-ring (bicyclic) bond motifs is 3. The second-order valence-electron chi connectivity index (χ2n) is 5.22. The van der Waals surface area contributed by atoms with Gasteiger partial charge in [-0.1, -0.05) is 18.2 Å². The fraction of sp³-hybridized carbons (Fsp3) is 0.278. The molecule has 6 heteroatoms. The van der Waals surface area contributed by atoms with Gasteiger partial charge in [0.15, 0.2) is 22.8 Å². The Bertz CT molecular complexity index is 957. The van der Waals surface area contributed by atoms with Crippen LogP contribution in [0.4, 0.5) is 0 Å². The maximum atomic E-state index is 12.5. The summed E-state index contributed by atoms with van der Waals surface area (Å²) in [5, 5.41) is 10.9. The van der Waals surface area contributed by atoms with Gasteiger partial charge in [-0.3, -0.25) is 0 Å². The predicted molar refractivity (Wildman–Crippen MR) is 90.4 cm³/mol. The van der Waals surface area contributed by atoms with Gasteiger partial charge < -0.3 is 23.7 Å². The lowest BCUT2D eigenvalue weighted by molar-refractivity contribution is 0.300. The van der Waals surface area contributed by atoms with E-state index in [4.69, 9.17) is 18.6 Å². The van der Waals surface area contributed by atoms with Gasteiger partial charge in [0.05, 0.1) is 32.1 Å². The highest BCUT2D eigenvalue weighted by Crippen LogP contribution is 2.44. The zero-order chi connectivity index (χ0) is 17.3. The van der Waals surface area contributed by atoms with Crippen LogP contribution in [-0.2, 0) is 6.42 Å². The van der Waals surface area contributed by atoms with Gasteiger partial charge in [0.2, 0.25) is 0 Å². The summed E-state index contributed by atoms with van der Waals surface area (Å²) in [6.45, 7) is -0.0604. The summed E-state index contributed by atoms with van der Waals surface area (Å²) in [5.74, 6) is 1.32. The Kier molecular flexibility index (Phi) is 4.31. The van der Waals surface area contributed by atoms with E-state index in [1.54, 1.807) is 12.1 Å². The third kappa shape index (κ3) is 2.35. The minimum Gasteiger partial charge on any atom is -0.493 e. The van der Waals surface area contributed by atoms with Crippen LogP contribution in [0, 0.1) is 0 Å². The van der Waals surface area contributed by atoms with Crippen LogP contribution in [0.2, 0.25) is 0 Å². The molecule has 126 valence electrons. The van der Waals surface area contributed by atoms with Crippen LogP contribution in [0.5, 0.6) is 17.2 Å². The van der Waals surface area contributed by atoms with Gasteiger partial charge in [-0.15, -0.1) is 0 Å². The van der Waals surface area contributed by atoms with Crippen molar-refractivity contribution in [3.05, 3.63) is 40.2 Å². The molecule has 3 aromatic rings. The van der Waals surface area contributed by atoms with Crippen LogP contribution in [0.3, 0.4) is 0 Å². The van der Waals surface area contributed by atoms with Crippen molar-refractivity contribution in [2.45, 2.75) is 6.42 Å². The molecule has 24 heavy (non-hydrogen) atoms. The minimum atomic E-state index is -0.480. The summed E-state index contributed by atoms with van der Waals surface area (Å²) in [6, 6.07) is 7.06. The van der Waals surface area contributed by atoms with Gasteiger partial charge in [-0.25, -0.2) is 4.79 Å². The molecule has 0 saturated carbocycles. The first-order chi connectivity index (χ1) is 11.7. The second kappa shape index (κ2) is 6.41. The van der Waals surface area contributed by atoms with Gasteiger partial charge >= 0.3 is 5.63 Å². The summed E-state index contributed by atoms with van der Waals surface area (Å²) in [4.78, 5) is 12.5. The lowest BCUT2D eigenvalue weighted by Gasteiger charge is -2.15. The number of methoxy groups -OCH3 is 3. The lowest BCUT2D eigenvalue weighted by atomic mass is 10.0. The van der Waals surface area contributed by atoms with E-state index >= 15 is 0 Å². The minimum absolute atomic E-state index is 0.0604. The molecule has 0 aliphatic heterocycles. The molecular weight excluding hydrogens is 312 g/mol. The fourth-order valence-corrected chi connectivity index (χ4v) is 2.97. The predicted octanol–water partition coefficient (Wildman–Crippen LogP) is 2.51. The molecule has 1 N–H and O–H groups in total. The Morgan fingerprint density at radius 1 is 1.04 bits per heavy atom. The Morgan fingerprint density at radius 2 is 1.79 bits per heavy atom. The van der Waals surface area contributed by atoms with E-state index in [2.05, 4.69) is 0 Å². The first-order valence-corrected chi connectivity index (χ1v) is 7.44. The largest absolute Gasteiger partial charge is 0.493 e. The number of aliphatic hydroxyl groups excluding tert-OH is 1. The fourth-order valence-electron chi connectivity index (χ4n) is 2.97. The highest BCUT2D eigenvalue weighted by atomic mass is 16.5. The first-order valence-electron chi connectivity index (χ1n) is 7.44. The molecule has 0 unspecified atom stereocenters. The summed E-state index contributed by atoms with van der Waals surface area (Å²) in [5.41, 5.74) is 0.537. The average molecular weight is 330 g/mol. The molecule has 6 nitrogen and oxygen atoms in total. The van der Waals surface area contributed by atoms with Gasteiger partial charge in [0, 0.05) is 18.1 Å². The SMILES string of the molecule is COc1cc(OC)c2oc(=O)c3c(CCO)cccc3c2c1OC. The van der Waals surface area contributed by atoms with Crippen molar-refractivity contribution in [3.63, 3.8) is 0 Å². The summed E-state index contributed by atoms with van der Waals surface area (Å²) < 4.78 is 21.8. The molecule has 2 aromatic carbocycles. The Hall–Kier alpha value is -2.73. The van der Waals surface area contributed by atoms with Gasteiger partial charge in [-0.2, -0.15) is 0 Å². The van der Waals surface area contributed by atoms with Crippen LogP contribution in [0.1, 0.15) is 5.56 Å². The molecule has 0 aliphatic rings. The van der Waals surface area contributed by atoms with E-state index in [-0.39, 0.29) is 6.61 Å². The topological polar surface area (TPSA) is 78.1 Å². The van der Waals surface area contributed by atoms with Crippen molar-refractivity contribution >= 4 is 21.7 Å². The van der Waals surface area contributed by atoms with Crippen molar-refractivity contribution < 1.29 is 23.7 Å². The standard InChI is InChI=1S/C18H18O6/c1-21-12-9-13(22-2)17-15(16(12)23-3)11-6-4-5-10(7-8-19)14(11)18(20)24-17/h4-6,9,19H,7-8H2,1-3H3. The van der Waals surface area contributed by atoms with Crippen LogP contribution in [0.25, 0.3) is 21.7 Å². The number of rotatable bonds is 5. The number of benzene rings is 2. The molecule has 0 amide bonds. The summed E-state index contributed by atoms with van der Waals surface area (Å²) in [7, 11) is 4.55. The van der Waals surface area contributed by atoms with Crippen LogP contribution >= 0.6 is 0 Å². The van der Waals surface area contributed by atoms with Crippen LogP contribution in [0.15, 0.2) is 33.5 Å². The van der Waals surface area contributed by atoms with Crippen molar-refractivity contribution in [1.29, 1.82) is 0 Å². The quantitative estimate of drug-likeness (QED) is 0.572. The van der Waals surface area contributed by atoms with Crippen molar-refractivity contribution in [1.82, 2.24) is 0 Å². The molecule has 0 fully saturated rings. The normalized spacial score (nSPS) is 11.0. The molecule has 0 atom stereocenters. The Labute approximate surface area is 138 Å². The van der Waals surface area contributed by atoms with E-state index in [9.17, 15) is 9.90 Å². The molecule has 3 rings (SSSR count). The van der Waals surface area contributed by atoms with E-state index in [1.807, 2.05) is 12.1 Å². The van der Waals surface area contributed by atoms with E-state index in [0.29, 0.717) is 45.4 Å². The number of aliphatic hydroxyl groups is 1. The third-order valence-corrected chi connectivity index (χ3v) is 4.01. The van der Waals surface area contributed by atoms with Gasteiger partial charge in [0.1, 0.15) is 0 Å². The van der Waals surface area contributed by atoms with Crippen LogP contribution < -0.4 is 19.8 Å². The molecule has 0 bridgehead atoms. The third-order valence-electron chi connectivity index (χ3n) is 4.01. The summed E-state index contributed by atoms with van der Waals surface area (Å²) in [6.07, 6.45) is 0.358. The van der Waals surface area contributed by atoms with E-state index in [0.717, 1.165) is 5.56 Å². The molecule has 0 aliphatic carbocycles. The Morgan fingerprint density at radius 3 is 2.42 bits per heavy atom. The van der Waals surface area contributed by atoms with Crippen molar-refractivity contribution in [2.24, 2.45) is 0 Å². The molecule has 0 radical (unpaired) electrons. The van der Waals surface area contributed by atoms with E-state index in [1.165, 1.54) is 21.3 Å². The number of hydrogen-bond donors (Lipinski definition) is 1. The number of ether oxygens (including phenoxy) is 3. The second-order valence-corrected chi connectivity index (χ2v) is 5.22. The maximum Gasteiger partial charge on any atom is 0.344 e. The molecule has 1 aromatic heterocycles. The maximum absolute atomic E-state index is 12.5. The van der Waals surface area contributed by atoms with Crippen molar-refractivity contribution in [3.8, 4) is 17.2 Å². The smallest absolute Gasteiger partial charge is 0.344 e. The number of hydrogen-bond acceptors (Lipinski definition) is 6. The monoisotopic (exact) mass is 330 g/mol. The van der Waals surface area contributed by atoms with E-state index < -0.39 is 5.63 Å². The highest BCUT2D eigenvalue weighted by Gasteiger charge is 2.21. The van der Waals surface area contributed by atoms with Crippen molar-refractivity contribution in [2.75, 3.05) is 27.9 Å². The highest BCUT2D eigenvalue weighted by molar-refractivity contribution is 6.11. The first kappa shape index (κ1) is 16.1. The van der Waals surface area contributed by atoms with Gasteiger partial charge in [-0.05, 0) is 12.0 Å². The average Bonchev–Trinajstić information content (AvgIpc) is 2.60. The molecular formula is C18H18O6.